The number of rotatable bonds is 2. The predicted octanol–water partition coefficient (Wildman–Crippen LogP) is 3.04. The van der Waals surface area contributed by atoms with Crippen LogP contribution in [-0.2, 0) is 9.59 Å². The molecule has 1 fully saturated rings. The number of thioether (sulfide) groups is 1. The van der Waals surface area contributed by atoms with Gasteiger partial charge in [-0.05, 0) is 25.1 Å². The summed E-state index contributed by atoms with van der Waals surface area (Å²) in [5, 5.41) is 3.59. The SMILES string of the molecule is C[C@]12N=C3SCC(=O)N3[C@@H](c3ccccc3O1)[C@H]2C(=O)Nc1ccccc1. The van der Waals surface area contributed by atoms with E-state index in [-0.39, 0.29) is 11.8 Å². The molecule has 0 spiro atoms. The summed E-state index contributed by atoms with van der Waals surface area (Å²) < 4.78 is 6.21. The maximum Gasteiger partial charge on any atom is 0.239 e. The number of amides is 2. The van der Waals surface area contributed by atoms with Crippen molar-refractivity contribution in [2.75, 3.05) is 11.1 Å². The van der Waals surface area contributed by atoms with Crippen LogP contribution >= 0.6 is 11.8 Å². The number of amidine groups is 1. The van der Waals surface area contributed by atoms with Crippen LogP contribution in [0.25, 0.3) is 0 Å². The fraction of sp³-hybridized carbons (Fsp3) is 0.250. The number of ether oxygens (including phenoxy) is 1. The van der Waals surface area contributed by atoms with Gasteiger partial charge >= 0.3 is 0 Å². The van der Waals surface area contributed by atoms with Crippen molar-refractivity contribution in [3.63, 3.8) is 0 Å². The molecule has 6 nitrogen and oxygen atoms in total. The highest BCUT2D eigenvalue weighted by Gasteiger charge is 2.59. The van der Waals surface area contributed by atoms with Crippen molar-refractivity contribution in [3.05, 3.63) is 60.2 Å². The molecule has 27 heavy (non-hydrogen) atoms. The molecule has 2 bridgehead atoms. The lowest BCUT2D eigenvalue weighted by molar-refractivity contribution is -0.139. The second kappa shape index (κ2) is 5.85. The summed E-state index contributed by atoms with van der Waals surface area (Å²) in [6.07, 6.45) is 0. The average Bonchev–Trinajstić information content (AvgIpc) is 3.01. The molecule has 0 aromatic heterocycles. The Morgan fingerprint density at radius 3 is 2.78 bits per heavy atom. The van der Waals surface area contributed by atoms with Gasteiger partial charge in [0.05, 0.1) is 11.8 Å². The van der Waals surface area contributed by atoms with Gasteiger partial charge in [0, 0.05) is 11.3 Å². The molecule has 0 saturated carbocycles. The van der Waals surface area contributed by atoms with Crippen LogP contribution < -0.4 is 10.1 Å². The Morgan fingerprint density at radius 1 is 1.22 bits per heavy atom. The molecule has 7 heteroatoms. The Balaban J connectivity index is 1.63. The highest BCUT2D eigenvalue weighted by atomic mass is 32.2. The van der Waals surface area contributed by atoms with Crippen molar-refractivity contribution < 1.29 is 14.3 Å². The Hall–Kier alpha value is -2.80. The number of hydrogen-bond acceptors (Lipinski definition) is 5. The Morgan fingerprint density at radius 2 is 1.96 bits per heavy atom. The van der Waals surface area contributed by atoms with Gasteiger partial charge in [-0.3, -0.25) is 14.5 Å². The average molecular weight is 379 g/mol. The van der Waals surface area contributed by atoms with E-state index in [1.165, 1.54) is 11.8 Å². The molecule has 3 heterocycles. The van der Waals surface area contributed by atoms with Gasteiger partial charge in [-0.15, -0.1) is 0 Å². The van der Waals surface area contributed by atoms with Crippen LogP contribution in [0.15, 0.2) is 59.6 Å². The maximum absolute atomic E-state index is 13.3. The number of fused-ring (bicyclic) bond motifs is 6. The van der Waals surface area contributed by atoms with Crippen LogP contribution in [0.4, 0.5) is 5.69 Å². The zero-order valence-electron chi connectivity index (χ0n) is 14.6. The highest BCUT2D eigenvalue weighted by molar-refractivity contribution is 8.15. The minimum Gasteiger partial charge on any atom is -0.465 e. The molecule has 5 rings (SSSR count). The number of nitrogens with one attached hydrogen (secondary N) is 1. The van der Waals surface area contributed by atoms with Gasteiger partial charge < -0.3 is 10.1 Å². The molecule has 3 atom stereocenters. The van der Waals surface area contributed by atoms with Crippen LogP contribution in [0, 0.1) is 5.92 Å². The van der Waals surface area contributed by atoms with E-state index in [1.807, 2.05) is 61.5 Å². The number of hydrogen-bond donors (Lipinski definition) is 1. The number of para-hydroxylation sites is 2. The zero-order valence-corrected chi connectivity index (χ0v) is 15.4. The molecular formula is C20H17N3O3S. The summed E-state index contributed by atoms with van der Waals surface area (Å²) >= 11 is 1.40. The van der Waals surface area contributed by atoms with Crippen LogP contribution in [0.2, 0.25) is 0 Å². The molecule has 0 unspecified atom stereocenters. The number of carbonyl (C=O) groups is 2. The first-order valence-electron chi connectivity index (χ1n) is 8.75. The standard InChI is InChI=1S/C20H17N3O3S/c1-20-16(18(25)21-12-7-3-2-4-8-12)17(13-9-5-6-10-14(13)26-20)23-15(24)11-27-19(23)22-20/h2-10,16-17H,11H2,1H3,(H,21,25)/t16-,17-,20-/m0/s1. The summed E-state index contributed by atoms with van der Waals surface area (Å²) in [5.41, 5.74) is 0.474. The molecule has 3 aliphatic heterocycles. The molecule has 1 N–H and O–H groups in total. The van der Waals surface area contributed by atoms with E-state index >= 15 is 0 Å². The molecule has 1 saturated heterocycles. The number of anilines is 1. The van der Waals surface area contributed by atoms with E-state index < -0.39 is 17.7 Å². The topological polar surface area (TPSA) is 71.0 Å². The fourth-order valence-electron chi connectivity index (χ4n) is 4.01. The van der Waals surface area contributed by atoms with Crippen molar-refractivity contribution in [2.45, 2.75) is 18.7 Å². The number of carbonyl (C=O) groups excluding carboxylic acids is 2. The molecule has 2 aromatic rings. The zero-order chi connectivity index (χ0) is 18.6. The largest absolute Gasteiger partial charge is 0.465 e. The van der Waals surface area contributed by atoms with Gasteiger partial charge in [0.15, 0.2) is 5.17 Å². The molecule has 136 valence electrons. The third-order valence-electron chi connectivity index (χ3n) is 5.17. The molecule has 2 amide bonds. The van der Waals surface area contributed by atoms with E-state index in [0.717, 1.165) is 5.56 Å². The third-order valence-corrected chi connectivity index (χ3v) is 6.10. The van der Waals surface area contributed by atoms with Crippen LogP contribution in [0.5, 0.6) is 5.75 Å². The van der Waals surface area contributed by atoms with E-state index in [0.29, 0.717) is 22.4 Å². The third kappa shape index (κ3) is 2.45. The first-order chi connectivity index (χ1) is 13.1. The minimum absolute atomic E-state index is 0.0278. The van der Waals surface area contributed by atoms with Crippen LogP contribution in [0.1, 0.15) is 18.5 Å². The van der Waals surface area contributed by atoms with Crippen molar-refractivity contribution in [2.24, 2.45) is 10.9 Å². The number of nitrogens with zero attached hydrogens (tertiary/aromatic N) is 2. The van der Waals surface area contributed by atoms with Gasteiger partial charge in [-0.25, -0.2) is 4.99 Å². The summed E-state index contributed by atoms with van der Waals surface area (Å²) in [7, 11) is 0. The summed E-state index contributed by atoms with van der Waals surface area (Å²) in [6, 6.07) is 16.4. The van der Waals surface area contributed by atoms with E-state index in [1.54, 1.807) is 4.90 Å². The maximum atomic E-state index is 13.3. The Labute approximate surface area is 160 Å². The normalized spacial score (nSPS) is 28.0. The number of aliphatic imine (C=N–C) groups is 1. The first-order valence-corrected chi connectivity index (χ1v) is 9.74. The fourth-order valence-corrected chi connectivity index (χ4v) is 5.00. The van der Waals surface area contributed by atoms with Gasteiger partial charge in [-0.1, -0.05) is 48.2 Å². The van der Waals surface area contributed by atoms with E-state index in [9.17, 15) is 9.59 Å². The smallest absolute Gasteiger partial charge is 0.239 e. The summed E-state index contributed by atoms with van der Waals surface area (Å²) in [5.74, 6) is 0.108. The lowest BCUT2D eigenvalue weighted by Gasteiger charge is -2.49. The predicted molar refractivity (Wildman–Crippen MR) is 104 cm³/mol. The van der Waals surface area contributed by atoms with Gasteiger partial charge in [0.25, 0.3) is 0 Å². The molecule has 0 aliphatic carbocycles. The second-order valence-electron chi connectivity index (χ2n) is 6.92. The Kier molecular flexibility index (Phi) is 3.55. The second-order valence-corrected chi connectivity index (χ2v) is 7.86. The van der Waals surface area contributed by atoms with Crippen LogP contribution in [0.3, 0.4) is 0 Å². The van der Waals surface area contributed by atoms with Gasteiger partial charge in [-0.2, -0.15) is 0 Å². The molecular weight excluding hydrogens is 362 g/mol. The van der Waals surface area contributed by atoms with E-state index in [2.05, 4.69) is 5.32 Å². The number of benzene rings is 2. The minimum atomic E-state index is -1.07. The van der Waals surface area contributed by atoms with Crippen molar-refractivity contribution in [1.82, 2.24) is 4.90 Å². The lowest BCUT2D eigenvalue weighted by Crippen LogP contribution is -2.59. The molecule has 0 radical (unpaired) electrons. The quantitative estimate of drug-likeness (QED) is 0.871. The van der Waals surface area contributed by atoms with Crippen molar-refractivity contribution >= 4 is 34.4 Å². The van der Waals surface area contributed by atoms with E-state index in [4.69, 9.17) is 9.73 Å². The highest BCUT2D eigenvalue weighted by Crippen LogP contribution is 2.52. The molecule has 2 aromatic carbocycles. The van der Waals surface area contributed by atoms with Gasteiger partial charge in [0.1, 0.15) is 11.7 Å². The van der Waals surface area contributed by atoms with Crippen molar-refractivity contribution in [3.8, 4) is 5.75 Å². The lowest BCUT2D eigenvalue weighted by atomic mass is 9.79. The van der Waals surface area contributed by atoms with Gasteiger partial charge in [0.2, 0.25) is 17.5 Å². The van der Waals surface area contributed by atoms with Crippen molar-refractivity contribution in [1.29, 1.82) is 0 Å². The first kappa shape index (κ1) is 16.4. The summed E-state index contributed by atoms with van der Waals surface area (Å²) in [4.78, 5) is 32.2. The Bertz CT molecular complexity index is 977. The monoisotopic (exact) mass is 379 g/mol. The molecule has 3 aliphatic rings. The van der Waals surface area contributed by atoms with Crippen LogP contribution in [-0.4, -0.2) is 33.4 Å². The summed E-state index contributed by atoms with van der Waals surface area (Å²) in [6.45, 7) is 1.82.